The van der Waals surface area contributed by atoms with E-state index in [-0.39, 0.29) is 0 Å². The number of rotatable bonds is 2. The van der Waals surface area contributed by atoms with Gasteiger partial charge in [-0.25, -0.2) is 0 Å². The van der Waals surface area contributed by atoms with Crippen LogP contribution >= 0.6 is 0 Å². The minimum absolute atomic E-state index is 0.414. The quantitative estimate of drug-likeness (QED) is 0.883. The third-order valence-corrected chi connectivity index (χ3v) is 4.32. The van der Waals surface area contributed by atoms with Crippen LogP contribution in [0.15, 0.2) is 24.3 Å². The summed E-state index contributed by atoms with van der Waals surface area (Å²) < 4.78 is 5.84. The fourth-order valence-electron chi connectivity index (χ4n) is 3.31. The Balaban J connectivity index is 1.69. The lowest BCUT2D eigenvalue weighted by atomic mass is 9.82. The predicted molar refractivity (Wildman–Crippen MR) is 77.4 cm³/mol. The molecular formula is C16H24N2O. The summed E-state index contributed by atoms with van der Waals surface area (Å²) >= 11 is 0. The van der Waals surface area contributed by atoms with Crippen molar-refractivity contribution in [1.82, 2.24) is 10.2 Å². The molecule has 0 saturated carbocycles. The molecule has 3 nitrogen and oxygen atoms in total. The maximum atomic E-state index is 5.84. The number of piperidine rings is 1. The van der Waals surface area contributed by atoms with Crippen LogP contribution in [0.4, 0.5) is 0 Å². The van der Waals surface area contributed by atoms with E-state index in [0.29, 0.717) is 5.41 Å². The molecule has 0 aromatic heterocycles. The summed E-state index contributed by atoms with van der Waals surface area (Å²) in [5.41, 5.74) is 1.74. The monoisotopic (exact) mass is 260 g/mol. The van der Waals surface area contributed by atoms with E-state index in [9.17, 15) is 0 Å². The van der Waals surface area contributed by atoms with E-state index < -0.39 is 0 Å². The highest BCUT2D eigenvalue weighted by molar-refractivity contribution is 5.33. The van der Waals surface area contributed by atoms with Crippen molar-refractivity contribution < 1.29 is 4.74 Å². The van der Waals surface area contributed by atoms with Crippen molar-refractivity contribution in [3.63, 3.8) is 0 Å². The van der Waals surface area contributed by atoms with Gasteiger partial charge in [0, 0.05) is 31.7 Å². The van der Waals surface area contributed by atoms with Gasteiger partial charge in [-0.05, 0) is 30.9 Å². The summed E-state index contributed by atoms with van der Waals surface area (Å²) in [4.78, 5) is 2.55. The summed E-state index contributed by atoms with van der Waals surface area (Å²) in [5, 5.41) is 3.54. The summed E-state index contributed by atoms with van der Waals surface area (Å²) in [6, 6.07) is 8.44. The zero-order valence-corrected chi connectivity index (χ0v) is 11.8. The zero-order chi connectivity index (χ0) is 13.1. The van der Waals surface area contributed by atoms with Gasteiger partial charge < -0.3 is 10.1 Å². The minimum Gasteiger partial charge on any atom is -0.492 e. The van der Waals surface area contributed by atoms with Gasteiger partial charge in [0.25, 0.3) is 0 Å². The van der Waals surface area contributed by atoms with Gasteiger partial charge in [0.2, 0.25) is 0 Å². The topological polar surface area (TPSA) is 24.5 Å². The lowest BCUT2D eigenvalue weighted by molar-refractivity contribution is 0.121. The molecule has 2 aliphatic heterocycles. The van der Waals surface area contributed by atoms with Gasteiger partial charge in [0.05, 0.1) is 0 Å². The van der Waals surface area contributed by atoms with Crippen LogP contribution in [0.2, 0.25) is 0 Å². The van der Waals surface area contributed by atoms with Crippen LogP contribution < -0.4 is 10.1 Å². The summed E-state index contributed by atoms with van der Waals surface area (Å²) in [7, 11) is 0. The SMILES string of the molecule is CC1(CN2CCOc3ccccc3C2)CCCNC1. The summed E-state index contributed by atoms with van der Waals surface area (Å²) in [6.07, 6.45) is 2.64. The van der Waals surface area contributed by atoms with Crippen molar-refractivity contribution in [2.75, 3.05) is 32.8 Å². The largest absolute Gasteiger partial charge is 0.492 e. The highest BCUT2D eigenvalue weighted by Gasteiger charge is 2.29. The Morgan fingerprint density at radius 1 is 1.37 bits per heavy atom. The lowest BCUT2D eigenvalue weighted by Crippen LogP contribution is -2.46. The van der Waals surface area contributed by atoms with Crippen LogP contribution in [0.3, 0.4) is 0 Å². The number of nitrogens with zero attached hydrogens (tertiary/aromatic N) is 1. The normalized spacial score (nSPS) is 28.3. The molecule has 1 atom stereocenters. The molecule has 1 aromatic carbocycles. The van der Waals surface area contributed by atoms with E-state index in [1.54, 1.807) is 0 Å². The smallest absolute Gasteiger partial charge is 0.123 e. The molecule has 0 aliphatic carbocycles. The first-order valence-electron chi connectivity index (χ1n) is 7.39. The van der Waals surface area contributed by atoms with Crippen LogP contribution in [0.1, 0.15) is 25.3 Å². The van der Waals surface area contributed by atoms with Crippen LogP contribution in [0, 0.1) is 5.41 Å². The van der Waals surface area contributed by atoms with Crippen molar-refractivity contribution in [2.45, 2.75) is 26.3 Å². The first-order valence-corrected chi connectivity index (χ1v) is 7.39. The van der Waals surface area contributed by atoms with E-state index in [1.165, 1.54) is 24.9 Å². The Morgan fingerprint density at radius 2 is 2.26 bits per heavy atom. The number of benzene rings is 1. The van der Waals surface area contributed by atoms with Crippen molar-refractivity contribution in [3.8, 4) is 5.75 Å². The van der Waals surface area contributed by atoms with E-state index in [0.717, 1.165) is 38.5 Å². The Labute approximate surface area is 115 Å². The van der Waals surface area contributed by atoms with Crippen molar-refractivity contribution in [3.05, 3.63) is 29.8 Å². The lowest BCUT2D eigenvalue weighted by Gasteiger charge is -2.38. The Hall–Kier alpha value is -1.06. The molecule has 0 spiro atoms. The Bertz CT molecular complexity index is 427. The molecule has 3 heteroatoms. The van der Waals surface area contributed by atoms with E-state index in [1.807, 2.05) is 0 Å². The molecule has 104 valence electrons. The van der Waals surface area contributed by atoms with Gasteiger partial charge >= 0.3 is 0 Å². The van der Waals surface area contributed by atoms with Gasteiger partial charge in [-0.15, -0.1) is 0 Å². The number of hydrogen-bond acceptors (Lipinski definition) is 3. The van der Waals surface area contributed by atoms with Crippen molar-refractivity contribution in [2.24, 2.45) is 5.41 Å². The van der Waals surface area contributed by atoms with Crippen LogP contribution in [0.5, 0.6) is 5.75 Å². The fraction of sp³-hybridized carbons (Fsp3) is 0.625. The van der Waals surface area contributed by atoms with Crippen LogP contribution in [-0.4, -0.2) is 37.7 Å². The second-order valence-electron chi connectivity index (χ2n) is 6.26. The van der Waals surface area contributed by atoms with E-state index in [4.69, 9.17) is 4.74 Å². The maximum Gasteiger partial charge on any atom is 0.123 e. The third kappa shape index (κ3) is 3.10. The molecule has 0 radical (unpaired) electrons. The highest BCUT2D eigenvalue weighted by Crippen LogP contribution is 2.29. The van der Waals surface area contributed by atoms with E-state index in [2.05, 4.69) is 41.4 Å². The molecule has 0 amide bonds. The molecule has 3 rings (SSSR count). The first-order chi connectivity index (χ1) is 9.25. The molecule has 0 bridgehead atoms. The predicted octanol–water partition coefficient (Wildman–Crippen LogP) is 2.27. The first kappa shape index (κ1) is 12.9. The molecule has 1 N–H and O–H groups in total. The molecule has 2 heterocycles. The zero-order valence-electron chi connectivity index (χ0n) is 11.8. The standard InChI is InChI=1S/C16H24N2O/c1-16(7-4-8-17-12-16)13-18-9-10-19-15-6-3-2-5-14(15)11-18/h2-3,5-6,17H,4,7-13H2,1H3. The minimum atomic E-state index is 0.414. The summed E-state index contributed by atoms with van der Waals surface area (Å²) in [6.45, 7) is 8.76. The number of fused-ring (bicyclic) bond motifs is 1. The van der Waals surface area contributed by atoms with Gasteiger partial charge in [-0.2, -0.15) is 0 Å². The van der Waals surface area contributed by atoms with Crippen LogP contribution in [-0.2, 0) is 6.54 Å². The molecule has 1 saturated heterocycles. The average molecular weight is 260 g/mol. The average Bonchev–Trinajstić information content (AvgIpc) is 2.60. The Morgan fingerprint density at radius 3 is 3.11 bits per heavy atom. The van der Waals surface area contributed by atoms with Gasteiger partial charge in [0.1, 0.15) is 12.4 Å². The van der Waals surface area contributed by atoms with Crippen molar-refractivity contribution >= 4 is 0 Å². The van der Waals surface area contributed by atoms with E-state index >= 15 is 0 Å². The number of para-hydroxylation sites is 1. The second kappa shape index (κ2) is 5.51. The molecule has 1 aromatic rings. The van der Waals surface area contributed by atoms with Gasteiger partial charge in [0.15, 0.2) is 0 Å². The third-order valence-electron chi connectivity index (χ3n) is 4.32. The molecule has 1 fully saturated rings. The molecule has 1 unspecified atom stereocenters. The van der Waals surface area contributed by atoms with Crippen LogP contribution in [0.25, 0.3) is 0 Å². The van der Waals surface area contributed by atoms with Gasteiger partial charge in [-0.1, -0.05) is 25.1 Å². The van der Waals surface area contributed by atoms with Crippen molar-refractivity contribution in [1.29, 1.82) is 0 Å². The van der Waals surface area contributed by atoms with Gasteiger partial charge in [-0.3, -0.25) is 4.90 Å². The molecule has 2 aliphatic rings. The second-order valence-corrected chi connectivity index (χ2v) is 6.26. The Kier molecular flexibility index (Phi) is 3.76. The number of hydrogen-bond donors (Lipinski definition) is 1. The summed E-state index contributed by atoms with van der Waals surface area (Å²) in [5.74, 6) is 1.07. The number of nitrogens with one attached hydrogen (secondary N) is 1. The maximum absolute atomic E-state index is 5.84. The molecule has 19 heavy (non-hydrogen) atoms. The molecular weight excluding hydrogens is 236 g/mol. The fourth-order valence-corrected chi connectivity index (χ4v) is 3.31. The number of ether oxygens (including phenoxy) is 1. The highest BCUT2D eigenvalue weighted by atomic mass is 16.5.